The molecule has 9 heteroatoms. The van der Waals surface area contributed by atoms with Crippen LogP contribution in [0.25, 0.3) is 0 Å². The van der Waals surface area contributed by atoms with Crippen LogP contribution in [0.1, 0.15) is 194 Å². The van der Waals surface area contributed by atoms with Crippen molar-refractivity contribution in [3.05, 3.63) is 24.3 Å². The van der Waals surface area contributed by atoms with Gasteiger partial charge in [0.25, 0.3) is 0 Å². The number of phosphoric acid groups is 1. The standard InChI is InChI=1S/C43H85N2O6P/c1-6-8-9-10-11-12-13-14-15-16-17-18-19-20-21-22-23-24-25-26-27-28-29-30-31-32-33-34-35-36-37-42(46)41(44-43(47)7-2)40-51-52(48,49)50-39-38-45(3,4)5/h32-33,36-37,41-42,46H,6-31,34-35,38-40H2,1-5H3,(H-,44,47,48,49)/p+1/b33-32+,37-36+. The molecule has 3 N–H and O–H groups in total. The van der Waals surface area contributed by atoms with Gasteiger partial charge in [-0.1, -0.05) is 186 Å². The van der Waals surface area contributed by atoms with Crippen LogP contribution in [0.15, 0.2) is 24.3 Å². The summed E-state index contributed by atoms with van der Waals surface area (Å²) in [4.78, 5) is 22.0. The number of carbonyl (C=O) groups is 1. The minimum absolute atomic E-state index is 0.0545. The summed E-state index contributed by atoms with van der Waals surface area (Å²) < 4.78 is 23.0. The number of phosphoric ester groups is 1. The van der Waals surface area contributed by atoms with Crippen LogP contribution in [0.5, 0.6) is 0 Å². The van der Waals surface area contributed by atoms with Crippen molar-refractivity contribution < 1.29 is 32.9 Å². The quantitative estimate of drug-likeness (QED) is 0.0250. The van der Waals surface area contributed by atoms with E-state index in [1.807, 2.05) is 27.2 Å². The number of likely N-dealkylation sites (N-methyl/N-ethyl adjacent to an activating group) is 1. The number of quaternary nitrogens is 1. The van der Waals surface area contributed by atoms with Crippen LogP contribution in [0.4, 0.5) is 0 Å². The second kappa shape index (κ2) is 35.7. The molecule has 3 unspecified atom stereocenters. The molecule has 0 saturated carbocycles. The van der Waals surface area contributed by atoms with Gasteiger partial charge < -0.3 is 19.8 Å². The molecule has 0 saturated heterocycles. The fourth-order valence-electron chi connectivity index (χ4n) is 6.20. The summed E-state index contributed by atoms with van der Waals surface area (Å²) in [6.07, 6.45) is 43.7. The van der Waals surface area contributed by atoms with E-state index in [0.717, 1.165) is 19.3 Å². The van der Waals surface area contributed by atoms with Crippen molar-refractivity contribution in [3.8, 4) is 0 Å². The van der Waals surface area contributed by atoms with E-state index in [-0.39, 0.29) is 25.5 Å². The molecule has 0 aliphatic rings. The van der Waals surface area contributed by atoms with E-state index in [2.05, 4.69) is 24.4 Å². The molecule has 308 valence electrons. The van der Waals surface area contributed by atoms with Gasteiger partial charge >= 0.3 is 7.82 Å². The maximum Gasteiger partial charge on any atom is 0.472 e. The van der Waals surface area contributed by atoms with E-state index in [9.17, 15) is 19.4 Å². The highest BCUT2D eigenvalue weighted by Crippen LogP contribution is 2.43. The third-order valence-electron chi connectivity index (χ3n) is 9.74. The highest BCUT2D eigenvalue weighted by Gasteiger charge is 2.27. The van der Waals surface area contributed by atoms with Gasteiger partial charge in [-0.05, 0) is 25.7 Å². The summed E-state index contributed by atoms with van der Waals surface area (Å²) in [6.45, 7) is 4.24. The molecule has 0 spiro atoms. The van der Waals surface area contributed by atoms with Gasteiger partial charge in [-0.25, -0.2) is 4.57 Å². The molecule has 52 heavy (non-hydrogen) atoms. The van der Waals surface area contributed by atoms with Crippen LogP contribution < -0.4 is 5.32 Å². The van der Waals surface area contributed by atoms with Crippen molar-refractivity contribution in [1.82, 2.24) is 5.32 Å². The van der Waals surface area contributed by atoms with Gasteiger partial charge in [0, 0.05) is 6.42 Å². The summed E-state index contributed by atoms with van der Waals surface area (Å²) in [5, 5.41) is 13.3. The van der Waals surface area contributed by atoms with Gasteiger partial charge in [0.15, 0.2) is 0 Å². The Morgan fingerprint density at radius 3 is 1.46 bits per heavy atom. The Hall–Kier alpha value is -1.02. The van der Waals surface area contributed by atoms with E-state index in [0.29, 0.717) is 11.0 Å². The van der Waals surface area contributed by atoms with Crippen LogP contribution >= 0.6 is 7.82 Å². The van der Waals surface area contributed by atoms with Crippen LogP contribution in [-0.4, -0.2) is 73.4 Å². The molecule has 0 aromatic carbocycles. The number of carbonyl (C=O) groups excluding carboxylic acids is 1. The first-order valence-corrected chi connectivity index (χ1v) is 23.2. The second-order valence-electron chi connectivity index (χ2n) is 16.0. The maximum atomic E-state index is 12.3. The lowest BCUT2D eigenvalue weighted by atomic mass is 10.0. The van der Waals surface area contributed by atoms with Crippen LogP contribution in [-0.2, 0) is 18.4 Å². The van der Waals surface area contributed by atoms with Crippen molar-refractivity contribution in [2.75, 3.05) is 40.9 Å². The molecule has 0 rings (SSSR count). The van der Waals surface area contributed by atoms with Gasteiger partial charge in [0.1, 0.15) is 13.2 Å². The Labute approximate surface area is 322 Å². The van der Waals surface area contributed by atoms with E-state index in [1.165, 1.54) is 154 Å². The number of nitrogens with one attached hydrogen (secondary N) is 1. The fraction of sp³-hybridized carbons (Fsp3) is 0.884. The van der Waals surface area contributed by atoms with Gasteiger partial charge in [-0.3, -0.25) is 13.8 Å². The van der Waals surface area contributed by atoms with E-state index in [1.54, 1.807) is 13.0 Å². The Morgan fingerprint density at radius 1 is 0.635 bits per heavy atom. The number of hydrogen-bond acceptors (Lipinski definition) is 5. The SMILES string of the molecule is CCCCCCCCCCCCCCCCCCCCCCCCCC/C=C/CC/C=C/C(O)C(COP(=O)(O)OCC[N+](C)(C)C)NC(=O)CC. The summed E-state index contributed by atoms with van der Waals surface area (Å²) in [5.74, 6) is -0.275. The zero-order valence-corrected chi connectivity index (χ0v) is 35.7. The molecule has 0 aliphatic heterocycles. The number of nitrogens with zero attached hydrogens (tertiary/aromatic N) is 1. The lowest BCUT2D eigenvalue weighted by Crippen LogP contribution is -2.45. The minimum Gasteiger partial charge on any atom is -0.387 e. The predicted molar refractivity (Wildman–Crippen MR) is 221 cm³/mol. The highest BCUT2D eigenvalue weighted by molar-refractivity contribution is 7.47. The average Bonchev–Trinajstić information content (AvgIpc) is 3.10. The molecule has 0 aromatic heterocycles. The number of allylic oxidation sites excluding steroid dienone is 3. The smallest absolute Gasteiger partial charge is 0.387 e. The molecule has 8 nitrogen and oxygen atoms in total. The maximum absolute atomic E-state index is 12.3. The number of rotatable bonds is 39. The van der Waals surface area contributed by atoms with E-state index < -0.39 is 20.0 Å². The molecule has 0 aliphatic carbocycles. The molecule has 0 radical (unpaired) electrons. The average molecular weight is 758 g/mol. The zero-order chi connectivity index (χ0) is 38.6. The molecule has 1 amide bonds. The molecular weight excluding hydrogens is 671 g/mol. The zero-order valence-electron chi connectivity index (χ0n) is 34.8. The van der Waals surface area contributed by atoms with Crippen LogP contribution in [0.3, 0.4) is 0 Å². The summed E-state index contributed by atoms with van der Waals surface area (Å²) in [7, 11) is 1.55. The highest BCUT2D eigenvalue weighted by atomic mass is 31.2. The normalized spacial score (nSPS) is 14.7. The second-order valence-corrected chi connectivity index (χ2v) is 17.5. The number of unbranched alkanes of at least 4 members (excludes halogenated alkanes) is 25. The summed E-state index contributed by atoms with van der Waals surface area (Å²) >= 11 is 0. The number of aliphatic hydroxyl groups excluding tert-OH is 1. The molecule has 0 aromatic rings. The molecule has 0 heterocycles. The van der Waals surface area contributed by atoms with Gasteiger partial charge in [0.05, 0.1) is 39.9 Å². The summed E-state index contributed by atoms with van der Waals surface area (Å²) in [5.41, 5.74) is 0. The summed E-state index contributed by atoms with van der Waals surface area (Å²) in [6, 6.07) is -0.856. The van der Waals surface area contributed by atoms with Crippen molar-refractivity contribution in [3.63, 3.8) is 0 Å². The predicted octanol–water partition coefficient (Wildman–Crippen LogP) is 11.7. The monoisotopic (exact) mass is 758 g/mol. The van der Waals surface area contributed by atoms with E-state index >= 15 is 0 Å². The molecule has 3 atom stereocenters. The van der Waals surface area contributed by atoms with Crippen molar-refractivity contribution in [1.29, 1.82) is 0 Å². The Morgan fingerprint density at radius 2 is 1.04 bits per heavy atom. The third-order valence-corrected chi connectivity index (χ3v) is 10.7. The van der Waals surface area contributed by atoms with Gasteiger partial charge in [-0.2, -0.15) is 0 Å². The fourth-order valence-corrected chi connectivity index (χ4v) is 6.93. The molecule has 0 fully saturated rings. The first-order chi connectivity index (χ1) is 25.0. The third kappa shape index (κ3) is 37.3. The lowest BCUT2D eigenvalue weighted by molar-refractivity contribution is -0.870. The van der Waals surface area contributed by atoms with Gasteiger partial charge in [-0.15, -0.1) is 0 Å². The Bertz CT molecular complexity index is 907. The Kier molecular flexibility index (Phi) is 35.0. The number of aliphatic hydroxyl groups is 1. The van der Waals surface area contributed by atoms with Gasteiger partial charge in [0.2, 0.25) is 5.91 Å². The molecule has 0 bridgehead atoms. The number of amides is 1. The minimum atomic E-state index is -4.30. The largest absolute Gasteiger partial charge is 0.472 e. The van der Waals surface area contributed by atoms with Crippen molar-refractivity contribution >= 4 is 13.7 Å². The number of hydrogen-bond donors (Lipinski definition) is 3. The van der Waals surface area contributed by atoms with Crippen molar-refractivity contribution in [2.24, 2.45) is 0 Å². The Balaban J connectivity index is 3.73. The van der Waals surface area contributed by atoms with Crippen LogP contribution in [0.2, 0.25) is 0 Å². The molecular formula is C43H86N2O6P+. The topological polar surface area (TPSA) is 105 Å². The lowest BCUT2D eigenvalue weighted by Gasteiger charge is -2.25. The van der Waals surface area contributed by atoms with Crippen molar-refractivity contribution in [2.45, 2.75) is 206 Å². The first-order valence-electron chi connectivity index (χ1n) is 21.7. The van der Waals surface area contributed by atoms with E-state index in [4.69, 9.17) is 9.05 Å². The first kappa shape index (κ1) is 51.0. The van der Waals surface area contributed by atoms with Crippen LogP contribution in [0, 0.1) is 0 Å².